The Bertz CT molecular complexity index is 445. The predicted molar refractivity (Wildman–Crippen MR) is 88.0 cm³/mol. The Kier molecular flexibility index (Phi) is 2.62. The first-order chi connectivity index (χ1) is 10.1. The van der Waals surface area contributed by atoms with Gasteiger partial charge in [-0.2, -0.15) is 0 Å². The SMILES string of the molecule is CCC(C)C1CC23CC1C2CC1(CCC2(CCCC2)C1)C3. The van der Waals surface area contributed by atoms with Crippen LogP contribution in [0.4, 0.5) is 0 Å². The van der Waals surface area contributed by atoms with Crippen molar-refractivity contribution in [2.45, 2.75) is 90.9 Å². The van der Waals surface area contributed by atoms with Crippen LogP contribution in [0.15, 0.2) is 0 Å². The second-order valence-electron chi connectivity index (χ2n) is 10.4. The lowest BCUT2D eigenvalue weighted by Crippen LogP contribution is -2.36. The zero-order valence-electron chi connectivity index (χ0n) is 14.3. The van der Waals surface area contributed by atoms with Crippen molar-refractivity contribution in [1.29, 1.82) is 0 Å². The van der Waals surface area contributed by atoms with Crippen LogP contribution in [0.25, 0.3) is 0 Å². The van der Waals surface area contributed by atoms with E-state index in [2.05, 4.69) is 13.8 Å². The number of fused-ring (bicyclic) bond motifs is 1. The highest BCUT2D eigenvalue weighted by atomic mass is 14.8. The minimum atomic E-state index is 0.837. The van der Waals surface area contributed by atoms with E-state index in [1.54, 1.807) is 70.6 Å². The summed E-state index contributed by atoms with van der Waals surface area (Å²) in [6.07, 6.45) is 19.2. The lowest BCUT2D eigenvalue weighted by Gasteiger charge is -2.43. The van der Waals surface area contributed by atoms with Crippen molar-refractivity contribution in [3.63, 3.8) is 0 Å². The summed E-state index contributed by atoms with van der Waals surface area (Å²) in [5.74, 6) is 4.44. The van der Waals surface area contributed by atoms with E-state index >= 15 is 0 Å². The molecule has 0 saturated heterocycles. The summed E-state index contributed by atoms with van der Waals surface area (Å²) in [5, 5.41) is 0. The molecule has 6 atom stereocenters. The van der Waals surface area contributed by atoms with Crippen molar-refractivity contribution in [2.75, 3.05) is 0 Å². The molecule has 6 rings (SSSR count). The molecule has 0 N–H and O–H groups in total. The van der Waals surface area contributed by atoms with Crippen molar-refractivity contribution in [1.82, 2.24) is 0 Å². The van der Waals surface area contributed by atoms with Gasteiger partial charge in [0.15, 0.2) is 0 Å². The van der Waals surface area contributed by atoms with E-state index in [-0.39, 0.29) is 0 Å². The number of rotatable bonds is 2. The van der Waals surface area contributed by atoms with E-state index in [0.717, 1.165) is 34.0 Å². The second kappa shape index (κ2) is 4.09. The van der Waals surface area contributed by atoms with Crippen LogP contribution in [0.2, 0.25) is 0 Å². The van der Waals surface area contributed by atoms with Gasteiger partial charge in [-0.25, -0.2) is 0 Å². The van der Waals surface area contributed by atoms with Gasteiger partial charge in [0.25, 0.3) is 0 Å². The van der Waals surface area contributed by atoms with Crippen molar-refractivity contribution >= 4 is 0 Å². The predicted octanol–water partition coefficient (Wildman–Crippen LogP) is 6.20. The fraction of sp³-hybridized carbons (Fsp3) is 1.00. The third-order valence-electron chi connectivity index (χ3n) is 9.49. The number of hydrogen-bond donors (Lipinski definition) is 0. The zero-order chi connectivity index (χ0) is 14.3. The van der Waals surface area contributed by atoms with E-state index in [1.165, 1.54) is 12.3 Å². The molecule has 21 heavy (non-hydrogen) atoms. The average Bonchev–Trinajstić information content (AvgIpc) is 3.23. The largest absolute Gasteiger partial charge is 0.0651 e. The van der Waals surface area contributed by atoms with E-state index in [0.29, 0.717) is 0 Å². The standard InChI is InChI=1S/C21H34/c1-3-15(2)16-10-21-11-17(16)18(21)12-20(14-21)9-8-19(13-20)6-4-5-7-19/h15-18H,3-14H2,1-2H3. The first kappa shape index (κ1) is 13.4. The first-order valence-electron chi connectivity index (χ1n) is 10.1. The van der Waals surface area contributed by atoms with Crippen LogP contribution in [-0.4, -0.2) is 0 Å². The minimum Gasteiger partial charge on any atom is -0.0651 e. The Morgan fingerprint density at radius 2 is 1.67 bits per heavy atom. The molecule has 0 aliphatic heterocycles. The first-order valence-corrected chi connectivity index (χ1v) is 10.1. The fourth-order valence-electron chi connectivity index (χ4n) is 8.60. The highest BCUT2D eigenvalue weighted by molar-refractivity contribution is 5.20. The maximum atomic E-state index is 2.54. The van der Waals surface area contributed by atoms with Crippen molar-refractivity contribution in [3.05, 3.63) is 0 Å². The Labute approximate surface area is 131 Å². The Hall–Kier alpha value is 0. The molecule has 6 aliphatic carbocycles. The van der Waals surface area contributed by atoms with Crippen molar-refractivity contribution in [2.24, 2.45) is 39.9 Å². The van der Waals surface area contributed by atoms with Gasteiger partial charge in [-0.05, 0) is 97.7 Å². The molecule has 0 aromatic carbocycles. The monoisotopic (exact) mass is 286 g/mol. The summed E-state index contributed by atoms with van der Waals surface area (Å²) in [7, 11) is 0. The molecule has 2 bridgehead atoms. The van der Waals surface area contributed by atoms with E-state index in [9.17, 15) is 0 Å². The van der Waals surface area contributed by atoms with Gasteiger partial charge in [-0.1, -0.05) is 33.1 Å². The van der Waals surface area contributed by atoms with Crippen molar-refractivity contribution < 1.29 is 0 Å². The Morgan fingerprint density at radius 1 is 0.905 bits per heavy atom. The molecule has 0 aromatic heterocycles. The van der Waals surface area contributed by atoms with E-state index < -0.39 is 0 Å². The molecule has 0 heterocycles. The van der Waals surface area contributed by atoms with Gasteiger partial charge in [0.05, 0.1) is 0 Å². The van der Waals surface area contributed by atoms with Gasteiger partial charge >= 0.3 is 0 Å². The van der Waals surface area contributed by atoms with Crippen LogP contribution in [0, 0.1) is 39.9 Å². The van der Waals surface area contributed by atoms with Crippen LogP contribution in [0.3, 0.4) is 0 Å². The fourth-order valence-corrected chi connectivity index (χ4v) is 8.60. The lowest BCUT2D eigenvalue weighted by molar-refractivity contribution is 0.0541. The van der Waals surface area contributed by atoms with Crippen LogP contribution in [0.1, 0.15) is 90.9 Å². The van der Waals surface area contributed by atoms with Gasteiger partial charge in [0.1, 0.15) is 0 Å². The maximum absolute atomic E-state index is 2.54. The Morgan fingerprint density at radius 3 is 2.38 bits per heavy atom. The molecular formula is C21H34. The zero-order valence-corrected chi connectivity index (χ0v) is 14.3. The molecule has 0 nitrogen and oxygen atoms in total. The summed E-state index contributed by atoms with van der Waals surface area (Å²) in [4.78, 5) is 0. The molecular weight excluding hydrogens is 252 g/mol. The van der Waals surface area contributed by atoms with Crippen LogP contribution >= 0.6 is 0 Å². The Balaban J connectivity index is 1.34. The van der Waals surface area contributed by atoms with Gasteiger partial charge < -0.3 is 0 Å². The second-order valence-corrected chi connectivity index (χ2v) is 10.4. The summed E-state index contributed by atoms with van der Waals surface area (Å²) < 4.78 is 0. The van der Waals surface area contributed by atoms with Crippen LogP contribution < -0.4 is 0 Å². The molecule has 118 valence electrons. The summed E-state index contributed by atoms with van der Waals surface area (Å²) >= 11 is 0. The molecule has 6 fully saturated rings. The summed E-state index contributed by atoms with van der Waals surface area (Å²) in [6.45, 7) is 4.95. The van der Waals surface area contributed by atoms with Gasteiger partial charge in [0.2, 0.25) is 0 Å². The third kappa shape index (κ3) is 1.63. The van der Waals surface area contributed by atoms with E-state index in [4.69, 9.17) is 0 Å². The highest BCUT2D eigenvalue weighted by Crippen LogP contribution is 2.80. The molecule has 6 aliphatic rings. The van der Waals surface area contributed by atoms with Gasteiger partial charge in [-0.3, -0.25) is 0 Å². The molecule has 0 heteroatoms. The van der Waals surface area contributed by atoms with Gasteiger partial charge in [-0.15, -0.1) is 0 Å². The molecule has 6 unspecified atom stereocenters. The summed E-state index contributed by atoms with van der Waals surface area (Å²) in [5.41, 5.74) is 2.54. The smallest absolute Gasteiger partial charge is 0.0255 e. The topological polar surface area (TPSA) is 0 Å². The number of hydrogen-bond acceptors (Lipinski definition) is 0. The normalized spacial score (nSPS) is 54.3. The van der Waals surface area contributed by atoms with E-state index in [1.807, 2.05) is 0 Å². The molecule has 0 radical (unpaired) electrons. The quantitative estimate of drug-likeness (QED) is 0.567. The minimum absolute atomic E-state index is 0.837. The summed E-state index contributed by atoms with van der Waals surface area (Å²) in [6, 6.07) is 0. The molecule has 0 amide bonds. The molecule has 6 saturated carbocycles. The van der Waals surface area contributed by atoms with Crippen molar-refractivity contribution in [3.8, 4) is 0 Å². The van der Waals surface area contributed by atoms with Gasteiger partial charge in [0, 0.05) is 0 Å². The van der Waals surface area contributed by atoms with Crippen LogP contribution in [0.5, 0.6) is 0 Å². The maximum Gasteiger partial charge on any atom is -0.0255 e. The van der Waals surface area contributed by atoms with Crippen LogP contribution in [-0.2, 0) is 0 Å². The lowest BCUT2D eigenvalue weighted by atomic mass is 9.61. The highest BCUT2D eigenvalue weighted by Gasteiger charge is 2.71. The third-order valence-corrected chi connectivity index (χ3v) is 9.49. The molecule has 3 spiro atoms. The molecule has 0 aromatic rings. The average molecular weight is 287 g/mol.